The van der Waals surface area contributed by atoms with Gasteiger partial charge in [-0.05, 0) is 18.1 Å². The van der Waals surface area contributed by atoms with Crippen molar-refractivity contribution in [3.63, 3.8) is 0 Å². The maximum absolute atomic E-state index is 11.4. The Kier molecular flexibility index (Phi) is 5.28. The van der Waals surface area contributed by atoms with E-state index in [1.807, 2.05) is 30.3 Å². The van der Waals surface area contributed by atoms with Crippen LogP contribution in [0.3, 0.4) is 0 Å². The average Bonchev–Trinajstić information content (AvgIpc) is 3.06. The summed E-state index contributed by atoms with van der Waals surface area (Å²) >= 11 is 0. The van der Waals surface area contributed by atoms with E-state index in [0.29, 0.717) is 0 Å². The topological polar surface area (TPSA) is 80.3 Å². The number of fused-ring (bicyclic) bond motifs is 1. The highest BCUT2D eigenvalue weighted by Crippen LogP contribution is 2.39. The lowest BCUT2D eigenvalue weighted by atomic mass is 10.1. The quantitative estimate of drug-likeness (QED) is 0.595. The van der Waals surface area contributed by atoms with Crippen LogP contribution in [0.4, 0.5) is 0 Å². The van der Waals surface area contributed by atoms with Crippen molar-refractivity contribution < 1.29 is 33.3 Å². The maximum atomic E-state index is 11.4. The molecule has 2 aliphatic rings. The van der Waals surface area contributed by atoms with Crippen molar-refractivity contribution >= 4 is 11.9 Å². The fourth-order valence-electron chi connectivity index (χ4n) is 2.85. The van der Waals surface area contributed by atoms with E-state index < -0.39 is 42.3 Å². The summed E-state index contributed by atoms with van der Waals surface area (Å²) in [6.07, 6.45) is -2.84. The molecule has 0 spiro atoms. The number of hydrogen-bond donors (Lipinski definition) is 0. The molecule has 1 aromatic rings. The molecule has 138 valence electrons. The Morgan fingerprint density at radius 1 is 1.15 bits per heavy atom. The van der Waals surface area contributed by atoms with Gasteiger partial charge in [-0.3, -0.25) is 9.59 Å². The first-order valence-corrected chi connectivity index (χ1v) is 8.26. The summed E-state index contributed by atoms with van der Waals surface area (Å²) in [5.41, 5.74) is 0.822. The van der Waals surface area contributed by atoms with Gasteiger partial charge in [-0.2, -0.15) is 0 Å². The predicted octanol–water partition coefficient (Wildman–Crippen LogP) is 1.39. The van der Waals surface area contributed by atoms with Crippen LogP contribution in [-0.2, 0) is 33.3 Å². The summed E-state index contributed by atoms with van der Waals surface area (Å²) < 4.78 is 27.7. The molecule has 3 rings (SSSR count). The van der Waals surface area contributed by atoms with Gasteiger partial charge in [0.1, 0.15) is 12.7 Å². The molecule has 7 heteroatoms. The van der Waals surface area contributed by atoms with E-state index in [1.165, 1.54) is 13.8 Å². The first-order chi connectivity index (χ1) is 12.4. The minimum atomic E-state index is -1.20. The van der Waals surface area contributed by atoms with Crippen molar-refractivity contribution in [3.05, 3.63) is 35.9 Å². The van der Waals surface area contributed by atoms with Gasteiger partial charge in [0, 0.05) is 26.3 Å². The summed E-state index contributed by atoms with van der Waals surface area (Å²) in [6.45, 7) is 4.20. The summed E-state index contributed by atoms with van der Waals surface area (Å²) in [4.78, 5) is 22.5. The first kappa shape index (κ1) is 18.4. The second kappa shape index (κ2) is 7.46. The van der Waals surface area contributed by atoms with E-state index in [9.17, 15) is 9.59 Å². The molecule has 0 aromatic heterocycles. The van der Waals surface area contributed by atoms with Crippen molar-refractivity contribution in [1.29, 1.82) is 0 Å². The number of esters is 2. The molecule has 1 unspecified atom stereocenters. The van der Waals surface area contributed by atoms with Crippen molar-refractivity contribution in [2.24, 2.45) is 0 Å². The minimum absolute atomic E-state index is 0.0561. The molecule has 1 aromatic carbocycles. The first-order valence-electron chi connectivity index (χ1n) is 8.26. The van der Waals surface area contributed by atoms with Gasteiger partial charge in [-0.25, -0.2) is 0 Å². The molecule has 2 fully saturated rings. The Bertz CT molecular complexity index is 735. The molecule has 0 saturated carbocycles. The molecule has 0 N–H and O–H groups in total. The number of carbonyl (C=O) groups excluding carboxylic acids is 2. The van der Waals surface area contributed by atoms with E-state index in [1.54, 1.807) is 6.92 Å². The van der Waals surface area contributed by atoms with Gasteiger partial charge in [0.2, 0.25) is 5.79 Å². The molecule has 5 atom stereocenters. The standard InChI is InChI=1S/C19H20O7/c1-12(20)22-11-15-16(23-13(2)21)17-18(24-15)26-19(3,25-17)10-9-14-7-5-4-6-8-14/h4-8,15-18H,11H2,1-3H3/t15-,16-,17-,18-,19?/m1/s1. The largest absolute Gasteiger partial charge is 0.463 e. The van der Waals surface area contributed by atoms with Gasteiger partial charge in [-0.15, -0.1) is 0 Å². The molecule has 0 radical (unpaired) electrons. The third kappa shape index (κ3) is 4.22. The van der Waals surface area contributed by atoms with Crippen LogP contribution < -0.4 is 0 Å². The molecular weight excluding hydrogens is 340 g/mol. The van der Waals surface area contributed by atoms with Crippen LogP contribution in [0.15, 0.2) is 30.3 Å². The highest BCUT2D eigenvalue weighted by Gasteiger charge is 2.57. The fraction of sp³-hybridized carbons (Fsp3) is 0.474. The van der Waals surface area contributed by atoms with Gasteiger partial charge >= 0.3 is 11.9 Å². The second-order valence-corrected chi connectivity index (χ2v) is 6.18. The van der Waals surface area contributed by atoms with Gasteiger partial charge in [0.15, 0.2) is 18.5 Å². The highest BCUT2D eigenvalue weighted by atomic mass is 16.8. The lowest BCUT2D eigenvalue weighted by Gasteiger charge is -2.24. The van der Waals surface area contributed by atoms with Crippen molar-refractivity contribution in [1.82, 2.24) is 0 Å². The van der Waals surface area contributed by atoms with Crippen molar-refractivity contribution in [2.45, 2.75) is 51.2 Å². The van der Waals surface area contributed by atoms with E-state index >= 15 is 0 Å². The van der Waals surface area contributed by atoms with Crippen LogP contribution in [-0.4, -0.2) is 48.9 Å². The number of ether oxygens (including phenoxy) is 5. The highest BCUT2D eigenvalue weighted by molar-refractivity contribution is 5.66. The van der Waals surface area contributed by atoms with Gasteiger partial charge in [0.25, 0.3) is 0 Å². The van der Waals surface area contributed by atoms with Gasteiger partial charge in [-0.1, -0.05) is 24.1 Å². The molecule has 2 saturated heterocycles. The van der Waals surface area contributed by atoms with Crippen LogP contribution >= 0.6 is 0 Å². The predicted molar refractivity (Wildman–Crippen MR) is 88.5 cm³/mol. The van der Waals surface area contributed by atoms with E-state index in [4.69, 9.17) is 23.7 Å². The number of benzene rings is 1. The zero-order chi connectivity index (χ0) is 18.7. The molecular formula is C19H20O7. The molecule has 26 heavy (non-hydrogen) atoms. The van der Waals surface area contributed by atoms with Crippen LogP contribution in [0.25, 0.3) is 0 Å². The molecule has 0 bridgehead atoms. The summed E-state index contributed by atoms with van der Waals surface area (Å²) in [7, 11) is 0. The van der Waals surface area contributed by atoms with Crippen molar-refractivity contribution in [2.75, 3.05) is 6.61 Å². The van der Waals surface area contributed by atoms with E-state index in [-0.39, 0.29) is 6.61 Å². The smallest absolute Gasteiger partial charge is 0.303 e. The number of hydrogen-bond acceptors (Lipinski definition) is 7. The SMILES string of the molecule is CC(=O)OC[C@H]1O[C@@H]2OC(C)(C#Cc3ccccc3)O[C@@H]2[C@@H]1OC(C)=O. The minimum Gasteiger partial charge on any atom is -0.463 e. The third-order valence-corrected chi connectivity index (χ3v) is 3.93. The summed E-state index contributed by atoms with van der Waals surface area (Å²) in [6, 6.07) is 9.42. The van der Waals surface area contributed by atoms with Crippen LogP contribution in [0, 0.1) is 11.8 Å². The monoisotopic (exact) mass is 360 g/mol. The molecule has 0 aliphatic carbocycles. The Morgan fingerprint density at radius 2 is 1.88 bits per heavy atom. The van der Waals surface area contributed by atoms with Gasteiger partial charge < -0.3 is 23.7 Å². The second-order valence-electron chi connectivity index (χ2n) is 6.18. The van der Waals surface area contributed by atoms with Crippen LogP contribution in [0.1, 0.15) is 26.3 Å². The molecule has 0 amide bonds. The molecule has 7 nitrogen and oxygen atoms in total. The van der Waals surface area contributed by atoms with E-state index in [0.717, 1.165) is 5.56 Å². The lowest BCUT2D eigenvalue weighted by Crippen LogP contribution is -2.40. The summed E-state index contributed by atoms with van der Waals surface area (Å²) in [5.74, 6) is 3.80. The Hall–Kier alpha value is -2.40. The van der Waals surface area contributed by atoms with Crippen LogP contribution in [0.2, 0.25) is 0 Å². The maximum Gasteiger partial charge on any atom is 0.303 e. The molecule has 2 heterocycles. The Labute approximate surface area is 151 Å². The number of carbonyl (C=O) groups is 2. The average molecular weight is 360 g/mol. The Morgan fingerprint density at radius 3 is 2.54 bits per heavy atom. The van der Waals surface area contributed by atoms with Crippen LogP contribution in [0.5, 0.6) is 0 Å². The van der Waals surface area contributed by atoms with Gasteiger partial charge in [0.05, 0.1) is 0 Å². The third-order valence-electron chi connectivity index (χ3n) is 3.93. The number of rotatable bonds is 3. The zero-order valence-electron chi connectivity index (χ0n) is 14.8. The van der Waals surface area contributed by atoms with E-state index in [2.05, 4.69) is 11.8 Å². The Balaban J connectivity index is 1.72. The normalized spacial score (nSPS) is 32.3. The fourth-order valence-corrected chi connectivity index (χ4v) is 2.85. The van der Waals surface area contributed by atoms with Crippen molar-refractivity contribution in [3.8, 4) is 11.8 Å². The molecule has 2 aliphatic heterocycles. The summed E-state index contributed by atoms with van der Waals surface area (Å²) in [5, 5.41) is 0. The zero-order valence-corrected chi connectivity index (χ0v) is 14.8. The lowest BCUT2D eigenvalue weighted by molar-refractivity contribution is -0.207.